The summed E-state index contributed by atoms with van der Waals surface area (Å²) in [6.45, 7) is 5.10. The van der Waals surface area contributed by atoms with Crippen molar-refractivity contribution in [2.24, 2.45) is 0 Å². The number of aliphatic hydroxyl groups excluding tert-OH is 1. The molecular weight excluding hydrogens is 302 g/mol. The summed E-state index contributed by atoms with van der Waals surface area (Å²) in [4.78, 5) is 25.3. The number of carbonyl (C=O) groups is 2. The molecular formula is C16H21NO6. The third-order valence-corrected chi connectivity index (χ3v) is 3.16. The normalized spacial score (nSPS) is 13.6. The summed E-state index contributed by atoms with van der Waals surface area (Å²) in [6.07, 6.45) is -0.263. The Morgan fingerprint density at radius 3 is 2.78 bits per heavy atom. The predicted molar refractivity (Wildman–Crippen MR) is 82.6 cm³/mol. The monoisotopic (exact) mass is 323 g/mol. The van der Waals surface area contributed by atoms with E-state index in [4.69, 9.17) is 14.2 Å². The van der Waals surface area contributed by atoms with Crippen LogP contribution in [0.4, 0.5) is 5.69 Å². The van der Waals surface area contributed by atoms with Gasteiger partial charge in [0.15, 0.2) is 18.1 Å². The first-order valence-electron chi connectivity index (χ1n) is 7.49. The zero-order valence-corrected chi connectivity index (χ0v) is 13.5. The van der Waals surface area contributed by atoms with Crippen LogP contribution in [-0.2, 0) is 20.9 Å². The Labute approximate surface area is 134 Å². The fourth-order valence-electron chi connectivity index (χ4n) is 2.29. The number of ether oxygens (including phenoxy) is 3. The fourth-order valence-corrected chi connectivity index (χ4v) is 2.29. The molecule has 0 spiro atoms. The maximum Gasteiger partial charge on any atom is 0.326 e. The molecule has 1 aliphatic rings. The average molecular weight is 323 g/mol. The number of esters is 1. The zero-order chi connectivity index (χ0) is 17.0. The SMILES string of the molecule is CCOc1cc(CO)cc2c1OCC(=O)N2CC(=O)OC(C)C. The van der Waals surface area contributed by atoms with Crippen LogP contribution in [0.1, 0.15) is 26.3 Å². The molecule has 2 rings (SSSR count). The van der Waals surface area contributed by atoms with Gasteiger partial charge in [-0.25, -0.2) is 0 Å². The van der Waals surface area contributed by atoms with Crippen molar-refractivity contribution in [2.75, 3.05) is 24.7 Å². The van der Waals surface area contributed by atoms with E-state index in [1.54, 1.807) is 26.0 Å². The molecule has 0 unspecified atom stereocenters. The number of nitrogens with zero attached hydrogens (tertiary/aromatic N) is 1. The minimum Gasteiger partial charge on any atom is -0.490 e. The smallest absolute Gasteiger partial charge is 0.326 e. The van der Waals surface area contributed by atoms with Gasteiger partial charge < -0.3 is 19.3 Å². The highest BCUT2D eigenvalue weighted by molar-refractivity contribution is 6.02. The van der Waals surface area contributed by atoms with Gasteiger partial charge in [-0.1, -0.05) is 0 Å². The average Bonchev–Trinajstić information content (AvgIpc) is 2.49. The van der Waals surface area contributed by atoms with Gasteiger partial charge in [0.1, 0.15) is 6.54 Å². The molecule has 0 saturated heterocycles. The number of benzene rings is 1. The molecule has 1 heterocycles. The zero-order valence-electron chi connectivity index (χ0n) is 13.5. The van der Waals surface area contributed by atoms with Crippen LogP contribution < -0.4 is 14.4 Å². The molecule has 126 valence electrons. The standard InChI is InChI=1S/C16H21NO6/c1-4-21-13-6-11(8-18)5-12-16(13)22-9-14(19)17(12)7-15(20)23-10(2)3/h5-6,10,18H,4,7-9H2,1-3H3. The molecule has 0 fully saturated rings. The summed E-state index contributed by atoms with van der Waals surface area (Å²) < 4.78 is 16.1. The Morgan fingerprint density at radius 1 is 1.43 bits per heavy atom. The van der Waals surface area contributed by atoms with E-state index in [0.29, 0.717) is 29.4 Å². The molecule has 1 aromatic rings. The van der Waals surface area contributed by atoms with E-state index in [-0.39, 0.29) is 31.8 Å². The Kier molecular flexibility index (Phi) is 5.44. The summed E-state index contributed by atoms with van der Waals surface area (Å²) in [5.41, 5.74) is 0.963. The number of amides is 1. The summed E-state index contributed by atoms with van der Waals surface area (Å²) in [5, 5.41) is 9.39. The van der Waals surface area contributed by atoms with Gasteiger partial charge in [0.05, 0.1) is 25.0 Å². The van der Waals surface area contributed by atoms with Crippen molar-refractivity contribution < 1.29 is 28.9 Å². The molecule has 0 atom stereocenters. The first-order valence-corrected chi connectivity index (χ1v) is 7.49. The maximum absolute atomic E-state index is 12.1. The van der Waals surface area contributed by atoms with E-state index in [2.05, 4.69) is 0 Å². The predicted octanol–water partition coefficient (Wildman–Crippen LogP) is 1.25. The lowest BCUT2D eigenvalue weighted by atomic mass is 10.1. The second kappa shape index (κ2) is 7.32. The molecule has 0 aromatic heterocycles. The molecule has 0 saturated carbocycles. The number of anilines is 1. The van der Waals surface area contributed by atoms with Gasteiger partial charge in [0.2, 0.25) is 0 Å². The van der Waals surface area contributed by atoms with Crippen molar-refractivity contribution in [1.82, 2.24) is 0 Å². The van der Waals surface area contributed by atoms with Crippen LogP contribution in [0.5, 0.6) is 11.5 Å². The van der Waals surface area contributed by atoms with Crippen molar-refractivity contribution >= 4 is 17.6 Å². The van der Waals surface area contributed by atoms with Crippen LogP contribution in [0.25, 0.3) is 0 Å². The lowest BCUT2D eigenvalue weighted by Crippen LogP contribution is -2.43. The van der Waals surface area contributed by atoms with E-state index in [9.17, 15) is 14.7 Å². The largest absolute Gasteiger partial charge is 0.490 e. The van der Waals surface area contributed by atoms with E-state index in [1.165, 1.54) is 4.90 Å². The molecule has 0 radical (unpaired) electrons. The number of hydrogen-bond acceptors (Lipinski definition) is 6. The Morgan fingerprint density at radius 2 is 2.17 bits per heavy atom. The van der Waals surface area contributed by atoms with Crippen LogP contribution in [0.15, 0.2) is 12.1 Å². The van der Waals surface area contributed by atoms with Crippen LogP contribution >= 0.6 is 0 Å². The minimum absolute atomic E-state index is 0.180. The fraction of sp³-hybridized carbons (Fsp3) is 0.500. The highest BCUT2D eigenvalue weighted by atomic mass is 16.5. The van der Waals surface area contributed by atoms with Gasteiger partial charge in [-0.2, -0.15) is 0 Å². The summed E-state index contributed by atoms with van der Waals surface area (Å²) in [5.74, 6) is -0.0333. The first-order chi connectivity index (χ1) is 11.0. The van der Waals surface area contributed by atoms with Crippen molar-refractivity contribution in [3.05, 3.63) is 17.7 Å². The molecule has 0 aliphatic carbocycles. The second-order valence-corrected chi connectivity index (χ2v) is 5.34. The topological polar surface area (TPSA) is 85.3 Å². The molecule has 1 aromatic carbocycles. The van der Waals surface area contributed by atoms with Gasteiger partial charge in [0, 0.05) is 0 Å². The van der Waals surface area contributed by atoms with E-state index in [0.717, 1.165) is 0 Å². The quantitative estimate of drug-likeness (QED) is 0.793. The highest BCUT2D eigenvalue weighted by Gasteiger charge is 2.31. The van der Waals surface area contributed by atoms with Gasteiger partial charge in [-0.3, -0.25) is 14.5 Å². The Bertz CT molecular complexity index is 598. The second-order valence-electron chi connectivity index (χ2n) is 5.34. The van der Waals surface area contributed by atoms with Crippen LogP contribution in [0, 0.1) is 0 Å². The minimum atomic E-state index is -0.506. The number of carbonyl (C=O) groups excluding carboxylic acids is 2. The van der Waals surface area contributed by atoms with Gasteiger partial charge in [0.25, 0.3) is 5.91 Å². The van der Waals surface area contributed by atoms with Crippen molar-refractivity contribution in [3.63, 3.8) is 0 Å². The molecule has 1 amide bonds. The molecule has 0 bridgehead atoms. The number of aliphatic hydroxyl groups is 1. The molecule has 1 N–H and O–H groups in total. The maximum atomic E-state index is 12.1. The molecule has 1 aliphatic heterocycles. The lowest BCUT2D eigenvalue weighted by Gasteiger charge is -2.30. The number of rotatable bonds is 6. The lowest BCUT2D eigenvalue weighted by molar-refractivity contribution is -0.146. The van der Waals surface area contributed by atoms with Gasteiger partial charge >= 0.3 is 5.97 Å². The van der Waals surface area contributed by atoms with Crippen LogP contribution in [0.2, 0.25) is 0 Å². The van der Waals surface area contributed by atoms with Crippen molar-refractivity contribution in [2.45, 2.75) is 33.5 Å². The molecule has 23 heavy (non-hydrogen) atoms. The Hall–Kier alpha value is -2.28. The third-order valence-electron chi connectivity index (χ3n) is 3.16. The highest BCUT2D eigenvalue weighted by Crippen LogP contribution is 2.41. The molecule has 7 nitrogen and oxygen atoms in total. The summed E-state index contributed by atoms with van der Waals surface area (Å²) in [6, 6.07) is 3.26. The Balaban J connectivity index is 2.37. The third kappa shape index (κ3) is 3.92. The van der Waals surface area contributed by atoms with Gasteiger partial charge in [-0.05, 0) is 38.5 Å². The van der Waals surface area contributed by atoms with E-state index < -0.39 is 5.97 Å². The van der Waals surface area contributed by atoms with Gasteiger partial charge in [-0.15, -0.1) is 0 Å². The number of fused-ring (bicyclic) bond motifs is 1. The van der Waals surface area contributed by atoms with Crippen molar-refractivity contribution in [1.29, 1.82) is 0 Å². The van der Waals surface area contributed by atoms with E-state index >= 15 is 0 Å². The molecule has 7 heteroatoms. The van der Waals surface area contributed by atoms with Crippen LogP contribution in [-0.4, -0.2) is 42.8 Å². The summed E-state index contributed by atoms with van der Waals surface area (Å²) in [7, 11) is 0. The first kappa shape index (κ1) is 17.1. The van der Waals surface area contributed by atoms with Crippen LogP contribution in [0.3, 0.4) is 0 Å². The summed E-state index contributed by atoms with van der Waals surface area (Å²) >= 11 is 0. The van der Waals surface area contributed by atoms with E-state index in [1.807, 2.05) is 6.92 Å². The number of hydrogen-bond donors (Lipinski definition) is 1. The van der Waals surface area contributed by atoms with Crippen molar-refractivity contribution in [3.8, 4) is 11.5 Å².